The summed E-state index contributed by atoms with van der Waals surface area (Å²) in [5, 5.41) is 0. The van der Waals surface area contributed by atoms with Crippen LogP contribution < -0.4 is 0 Å². The molecule has 0 heterocycles. The van der Waals surface area contributed by atoms with E-state index in [1.54, 1.807) is 0 Å². The van der Waals surface area contributed by atoms with Crippen molar-refractivity contribution >= 4 is 25.3 Å². The third-order valence-corrected chi connectivity index (χ3v) is 4.36. The van der Waals surface area contributed by atoms with Crippen LogP contribution in [0.2, 0.25) is 0 Å². The van der Waals surface area contributed by atoms with E-state index in [1.165, 1.54) is 33.4 Å². The molecule has 0 radical (unpaired) electrons. The molecular formula is C15H14S2. The maximum absolute atomic E-state index is 4.77. The summed E-state index contributed by atoms with van der Waals surface area (Å²) in [5.74, 6) is 0. The van der Waals surface area contributed by atoms with Gasteiger partial charge in [-0.2, -0.15) is 25.3 Å². The second-order valence-corrected chi connectivity index (χ2v) is 6.46. The lowest BCUT2D eigenvalue weighted by Gasteiger charge is -2.19. The molecule has 0 bridgehead atoms. The lowest BCUT2D eigenvalue weighted by atomic mass is 10.0. The fraction of sp³-hybridized carbons (Fsp3) is 0.200. The minimum atomic E-state index is -0.470. The highest BCUT2D eigenvalue weighted by Gasteiger charge is 2.37. The van der Waals surface area contributed by atoms with Crippen molar-refractivity contribution in [2.75, 3.05) is 0 Å². The van der Waals surface area contributed by atoms with Gasteiger partial charge in [0, 0.05) is 0 Å². The van der Waals surface area contributed by atoms with E-state index in [0.717, 1.165) is 0 Å². The Morgan fingerprint density at radius 2 is 1.18 bits per heavy atom. The van der Waals surface area contributed by atoms with Crippen LogP contribution >= 0.6 is 25.3 Å². The van der Waals surface area contributed by atoms with E-state index in [9.17, 15) is 0 Å². The Balaban J connectivity index is 2.37. The molecule has 0 saturated heterocycles. The second-order valence-electron chi connectivity index (χ2n) is 4.77. The highest BCUT2D eigenvalue weighted by molar-refractivity contribution is 8.00. The molecule has 0 saturated carbocycles. The van der Waals surface area contributed by atoms with Gasteiger partial charge in [-0.25, -0.2) is 0 Å². The van der Waals surface area contributed by atoms with E-state index < -0.39 is 4.08 Å². The van der Waals surface area contributed by atoms with Crippen LogP contribution in [0.1, 0.15) is 22.3 Å². The summed E-state index contributed by atoms with van der Waals surface area (Å²) in [4.78, 5) is 0. The first-order valence-corrected chi connectivity index (χ1v) is 6.57. The van der Waals surface area contributed by atoms with Crippen molar-refractivity contribution < 1.29 is 0 Å². The Morgan fingerprint density at radius 3 is 1.59 bits per heavy atom. The monoisotopic (exact) mass is 258 g/mol. The smallest absolute Gasteiger partial charge is 0.107 e. The van der Waals surface area contributed by atoms with Crippen LogP contribution in [0, 0.1) is 13.8 Å². The topological polar surface area (TPSA) is 0 Å². The van der Waals surface area contributed by atoms with E-state index in [1.807, 2.05) is 0 Å². The minimum Gasteiger partial charge on any atom is -0.152 e. The van der Waals surface area contributed by atoms with Gasteiger partial charge >= 0.3 is 0 Å². The molecule has 0 atom stereocenters. The maximum Gasteiger partial charge on any atom is 0.107 e. The Kier molecular flexibility index (Phi) is 2.36. The van der Waals surface area contributed by atoms with Crippen LogP contribution in [0.3, 0.4) is 0 Å². The summed E-state index contributed by atoms with van der Waals surface area (Å²) in [5.41, 5.74) is 7.42. The summed E-state index contributed by atoms with van der Waals surface area (Å²) < 4.78 is -0.470. The number of hydrogen-bond acceptors (Lipinski definition) is 2. The predicted octanol–water partition coefficient (Wildman–Crippen LogP) is 4.34. The molecule has 0 amide bonds. The molecular weight excluding hydrogens is 244 g/mol. The molecule has 0 spiro atoms. The zero-order valence-corrected chi connectivity index (χ0v) is 11.6. The van der Waals surface area contributed by atoms with Crippen molar-refractivity contribution in [1.82, 2.24) is 0 Å². The number of fused-ring (bicyclic) bond motifs is 3. The SMILES string of the molecule is Cc1ccc2c(c1)C(S)(S)c1cc(C)ccc1-2. The van der Waals surface area contributed by atoms with Crippen LogP contribution in [-0.4, -0.2) is 0 Å². The Morgan fingerprint density at radius 1 is 0.765 bits per heavy atom. The number of thiol groups is 2. The van der Waals surface area contributed by atoms with Gasteiger partial charge in [0.25, 0.3) is 0 Å². The predicted molar refractivity (Wildman–Crippen MR) is 80.1 cm³/mol. The highest BCUT2D eigenvalue weighted by Crippen LogP contribution is 2.53. The molecule has 3 rings (SSSR count). The Bertz CT molecular complexity index is 559. The van der Waals surface area contributed by atoms with Gasteiger partial charge in [-0.05, 0) is 36.1 Å². The van der Waals surface area contributed by atoms with Crippen LogP contribution in [0.5, 0.6) is 0 Å². The number of hydrogen-bond donors (Lipinski definition) is 2. The quantitative estimate of drug-likeness (QED) is 0.509. The van der Waals surface area contributed by atoms with Crippen LogP contribution in [0.25, 0.3) is 11.1 Å². The van der Waals surface area contributed by atoms with Crippen molar-refractivity contribution in [1.29, 1.82) is 0 Å². The Hall–Kier alpha value is -0.860. The van der Waals surface area contributed by atoms with Gasteiger partial charge in [-0.1, -0.05) is 47.5 Å². The van der Waals surface area contributed by atoms with E-state index in [-0.39, 0.29) is 0 Å². The number of rotatable bonds is 0. The van der Waals surface area contributed by atoms with Gasteiger partial charge in [0.1, 0.15) is 4.08 Å². The highest BCUT2D eigenvalue weighted by atomic mass is 32.2. The summed E-state index contributed by atoms with van der Waals surface area (Å²) in [6.45, 7) is 4.21. The molecule has 0 aliphatic heterocycles. The van der Waals surface area contributed by atoms with Crippen molar-refractivity contribution in [2.24, 2.45) is 0 Å². The molecule has 2 aromatic carbocycles. The minimum absolute atomic E-state index is 0.470. The molecule has 2 aromatic rings. The van der Waals surface area contributed by atoms with Gasteiger partial charge in [-0.15, -0.1) is 0 Å². The zero-order valence-electron chi connectivity index (χ0n) is 9.86. The molecule has 0 aromatic heterocycles. The summed E-state index contributed by atoms with van der Waals surface area (Å²) >= 11 is 9.53. The van der Waals surface area contributed by atoms with Gasteiger partial charge in [-0.3, -0.25) is 0 Å². The first-order chi connectivity index (χ1) is 8.00. The van der Waals surface area contributed by atoms with Gasteiger partial charge in [0.15, 0.2) is 0 Å². The van der Waals surface area contributed by atoms with Gasteiger partial charge in [0.2, 0.25) is 0 Å². The lowest BCUT2D eigenvalue weighted by molar-refractivity contribution is 1.14. The van der Waals surface area contributed by atoms with E-state index >= 15 is 0 Å². The molecule has 0 N–H and O–H groups in total. The van der Waals surface area contributed by atoms with Crippen molar-refractivity contribution in [2.45, 2.75) is 17.9 Å². The first kappa shape index (κ1) is 11.2. The third-order valence-electron chi connectivity index (χ3n) is 3.39. The molecule has 17 heavy (non-hydrogen) atoms. The number of aryl methyl sites for hydroxylation is 2. The van der Waals surface area contributed by atoms with Gasteiger partial charge < -0.3 is 0 Å². The van der Waals surface area contributed by atoms with Crippen LogP contribution in [0.15, 0.2) is 36.4 Å². The van der Waals surface area contributed by atoms with Crippen LogP contribution in [-0.2, 0) is 4.08 Å². The summed E-state index contributed by atoms with van der Waals surface area (Å²) in [6, 6.07) is 13.0. The molecule has 0 fully saturated rings. The van der Waals surface area contributed by atoms with E-state index in [2.05, 4.69) is 50.2 Å². The van der Waals surface area contributed by atoms with Crippen molar-refractivity contribution in [3.8, 4) is 11.1 Å². The molecule has 1 aliphatic carbocycles. The van der Waals surface area contributed by atoms with Crippen molar-refractivity contribution in [3.05, 3.63) is 58.7 Å². The number of benzene rings is 2. The maximum atomic E-state index is 4.77. The zero-order chi connectivity index (χ0) is 12.2. The Labute approximate surface area is 113 Å². The fourth-order valence-corrected chi connectivity index (χ4v) is 3.25. The standard InChI is InChI=1S/C15H14S2/c1-9-3-5-11-12-6-4-10(2)8-14(12)15(16,17)13(11)7-9/h3-8,16-17H,1-2H3. The molecule has 1 aliphatic rings. The molecule has 0 nitrogen and oxygen atoms in total. The third kappa shape index (κ3) is 1.54. The largest absolute Gasteiger partial charge is 0.152 e. The summed E-state index contributed by atoms with van der Waals surface area (Å²) in [7, 11) is 0. The molecule has 2 heteroatoms. The lowest BCUT2D eigenvalue weighted by Crippen LogP contribution is -2.08. The average Bonchev–Trinajstić information content (AvgIpc) is 2.49. The van der Waals surface area contributed by atoms with Gasteiger partial charge in [0.05, 0.1) is 0 Å². The fourth-order valence-electron chi connectivity index (χ4n) is 2.51. The molecule has 86 valence electrons. The summed E-state index contributed by atoms with van der Waals surface area (Å²) in [6.07, 6.45) is 0. The normalized spacial score (nSPS) is 15.5. The van der Waals surface area contributed by atoms with E-state index in [4.69, 9.17) is 25.3 Å². The van der Waals surface area contributed by atoms with Crippen molar-refractivity contribution in [3.63, 3.8) is 0 Å². The van der Waals surface area contributed by atoms with E-state index in [0.29, 0.717) is 0 Å². The average molecular weight is 258 g/mol. The van der Waals surface area contributed by atoms with Crippen LogP contribution in [0.4, 0.5) is 0 Å². The second kappa shape index (κ2) is 3.56. The first-order valence-electron chi connectivity index (χ1n) is 5.67. The molecule has 0 unspecified atom stereocenters.